The molecule has 2 rings (SSSR count). The van der Waals surface area contributed by atoms with E-state index in [4.69, 9.17) is 4.74 Å². The average molecular weight is 319 g/mol. The van der Waals surface area contributed by atoms with Gasteiger partial charge in [-0.3, -0.25) is 0 Å². The number of rotatable bonds is 4. The van der Waals surface area contributed by atoms with Gasteiger partial charge in [-0.1, -0.05) is 13.8 Å². The van der Waals surface area contributed by atoms with E-state index in [1.54, 1.807) is 11.3 Å². The fraction of sp³-hybridized carbons (Fsp3) is 0.750. The Labute approximate surface area is 115 Å². The molecule has 3 nitrogen and oxygen atoms in total. The lowest BCUT2D eigenvalue weighted by Crippen LogP contribution is -2.43. The second-order valence-corrected chi connectivity index (χ2v) is 6.22. The molecule has 0 saturated carbocycles. The number of ether oxygens (including phenoxy) is 1. The summed E-state index contributed by atoms with van der Waals surface area (Å²) >= 11 is 5.03. The summed E-state index contributed by atoms with van der Waals surface area (Å²) < 4.78 is 6.88. The molecule has 1 unspecified atom stereocenters. The van der Waals surface area contributed by atoms with Crippen molar-refractivity contribution < 1.29 is 4.74 Å². The predicted molar refractivity (Wildman–Crippen MR) is 75.7 cm³/mol. The first-order chi connectivity index (χ1) is 8.17. The van der Waals surface area contributed by atoms with Gasteiger partial charge in [0.15, 0.2) is 5.13 Å². The summed E-state index contributed by atoms with van der Waals surface area (Å²) in [6.07, 6.45) is 4.32. The number of nitrogens with one attached hydrogen (secondary N) is 1. The quantitative estimate of drug-likeness (QED) is 0.909. The van der Waals surface area contributed by atoms with Gasteiger partial charge in [-0.25, -0.2) is 4.98 Å². The second kappa shape index (κ2) is 5.67. The van der Waals surface area contributed by atoms with Gasteiger partial charge in [0, 0.05) is 18.0 Å². The Morgan fingerprint density at radius 2 is 2.35 bits per heavy atom. The summed E-state index contributed by atoms with van der Waals surface area (Å²) in [6.45, 7) is 5.28. The fourth-order valence-electron chi connectivity index (χ4n) is 2.39. The molecular weight excluding hydrogens is 300 g/mol. The summed E-state index contributed by atoms with van der Waals surface area (Å²) in [5, 5.41) is 6.54. The van der Waals surface area contributed by atoms with Gasteiger partial charge in [-0.05, 0) is 41.6 Å². The molecule has 1 aromatic heterocycles. The third kappa shape index (κ3) is 3.20. The van der Waals surface area contributed by atoms with Gasteiger partial charge >= 0.3 is 0 Å². The maximum atomic E-state index is 5.97. The fourth-order valence-corrected chi connectivity index (χ4v) is 3.61. The highest BCUT2D eigenvalue weighted by Crippen LogP contribution is 2.33. The largest absolute Gasteiger partial charge is 0.375 e. The molecule has 0 bridgehead atoms. The molecule has 1 atom stereocenters. The number of nitrogens with zero attached hydrogens (tertiary/aromatic N) is 1. The van der Waals surface area contributed by atoms with Crippen LogP contribution < -0.4 is 5.32 Å². The van der Waals surface area contributed by atoms with E-state index in [0.717, 1.165) is 42.0 Å². The van der Waals surface area contributed by atoms with Crippen LogP contribution in [0.4, 0.5) is 5.13 Å². The van der Waals surface area contributed by atoms with Gasteiger partial charge in [-0.15, -0.1) is 11.3 Å². The van der Waals surface area contributed by atoms with Crippen molar-refractivity contribution in [2.75, 3.05) is 11.9 Å². The monoisotopic (exact) mass is 318 g/mol. The maximum Gasteiger partial charge on any atom is 0.183 e. The van der Waals surface area contributed by atoms with E-state index in [0.29, 0.717) is 6.04 Å². The number of halogens is 1. The van der Waals surface area contributed by atoms with E-state index in [1.807, 2.05) is 5.38 Å². The van der Waals surface area contributed by atoms with Gasteiger partial charge < -0.3 is 10.1 Å². The lowest BCUT2D eigenvalue weighted by atomic mass is 9.86. The summed E-state index contributed by atoms with van der Waals surface area (Å²) in [5.41, 5.74) is 0.0738. The van der Waals surface area contributed by atoms with Crippen molar-refractivity contribution in [3.8, 4) is 0 Å². The number of hydrogen-bond acceptors (Lipinski definition) is 4. The van der Waals surface area contributed by atoms with Crippen molar-refractivity contribution in [3.63, 3.8) is 0 Å². The van der Waals surface area contributed by atoms with Crippen LogP contribution in [0.5, 0.6) is 0 Å². The minimum atomic E-state index is 0.0738. The zero-order valence-corrected chi connectivity index (χ0v) is 12.7. The van der Waals surface area contributed by atoms with E-state index >= 15 is 0 Å². The maximum absolute atomic E-state index is 5.97. The van der Waals surface area contributed by atoms with Crippen LogP contribution in [0.25, 0.3) is 0 Å². The SMILES string of the molecule is CCC1(CC)CC(Nc2nc(Br)cs2)CCO1. The van der Waals surface area contributed by atoms with Gasteiger partial charge in [0.05, 0.1) is 5.60 Å². The van der Waals surface area contributed by atoms with Gasteiger partial charge in [0.1, 0.15) is 4.60 Å². The number of thiazole rings is 1. The van der Waals surface area contributed by atoms with Crippen molar-refractivity contribution in [2.45, 2.75) is 51.2 Å². The molecule has 0 aromatic carbocycles. The molecular formula is C12H19BrN2OS. The predicted octanol–water partition coefficient (Wildman–Crippen LogP) is 4.06. The van der Waals surface area contributed by atoms with Crippen LogP contribution >= 0.6 is 27.3 Å². The van der Waals surface area contributed by atoms with Crippen molar-refractivity contribution in [1.29, 1.82) is 0 Å². The van der Waals surface area contributed by atoms with Crippen molar-refractivity contribution >= 4 is 32.4 Å². The summed E-state index contributed by atoms with van der Waals surface area (Å²) in [7, 11) is 0. The smallest absolute Gasteiger partial charge is 0.183 e. The zero-order valence-electron chi connectivity index (χ0n) is 10.3. The van der Waals surface area contributed by atoms with E-state index < -0.39 is 0 Å². The van der Waals surface area contributed by atoms with E-state index in [-0.39, 0.29) is 5.60 Å². The summed E-state index contributed by atoms with van der Waals surface area (Å²) in [5.74, 6) is 0. The third-order valence-corrected chi connectivity index (χ3v) is 5.07. The standard InChI is InChI=1S/C12H19BrN2OS/c1-3-12(4-2)7-9(5-6-16-12)14-11-15-10(13)8-17-11/h8-9H,3-7H2,1-2H3,(H,14,15). The minimum Gasteiger partial charge on any atom is -0.375 e. The molecule has 0 aliphatic carbocycles. The Balaban J connectivity index is 1.98. The van der Waals surface area contributed by atoms with Gasteiger partial charge in [0.25, 0.3) is 0 Å². The third-order valence-electron chi connectivity index (χ3n) is 3.59. The highest BCUT2D eigenvalue weighted by atomic mass is 79.9. The Morgan fingerprint density at radius 3 is 2.94 bits per heavy atom. The Hall–Kier alpha value is -0.130. The molecule has 2 heterocycles. The number of aromatic nitrogens is 1. The number of anilines is 1. The van der Waals surface area contributed by atoms with Crippen molar-refractivity contribution in [1.82, 2.24) is 4.98 Å². The molecule has 0 radical (unpaired) electrons. The molecule has 1 aliphatic heterocycles. The van der Waals surface area contributed by atoms with Crippen LogP contribution in [0.1, 0.15) is 39.5 Å². The normalized spacial score (nSPS) is 23.6. The van der Waals surface area contributed by atoms with Crippen LogP contribution in [-0.2, 0) is 4.74 Å². The van der Waals surface area contributed by atoms with Crippen LogP contribution in [0.3, 0.4) is 0 Å². The van der Waals surface area contributed by atoms with E-state index in [2.05, 4.69) is 40.1 Å². The van der Waals surface area contributed by atoms with E-state index in [1.165, 1.54) is 0 Å². The Bertz CT molecular complexity index is 365. The van der Waals surface area contributed by atoms with Gasteiger partial charge in [-0.2, -0.15) is 0 Å². The first kappa shape index (κ1) is 13.3. The van der Waals surface area contributed by atoms with Gasteiger partial charge in [0.2, 0.25) is 0 Å². The summed E-state index contributed by atoms with van der Waals surface area (Å²) in [4.78, 5) is 4.39. The molecule has 1 N–H and O–H groups in total. The Kier molecular flexibility index (Phi) is 4.44. The molecule has 0 spiro atoms. The molecule has 96 valence electrons. The Morgan fingerprint density at radius 1 is 1.59 bits per heavy atom. The van der Waals surface area contributed by atoms with Crippen molar-refractivity contribution in [3.05, 3.63) is 9.98 Å². The zero-order chi connectivity index (χ0) is 12.3. The molecule has 17 heavy (non-hydrogen) atoms. The lowest BCUT2D eigenvalue weighted by molar-refractivity contribution is -0.0864. The first-order valence-corrected chi connectivity index (χ1v) is 7.86. The summed E-state index contributed by atoms with van der Waals surface area (Å²) in [6, 6.07) is 0.488. The number of hydrogen-bond donors (Lipinski definition) is 1. The average Bonchev–Trinajstić information content (AvgIpc) is 2.75. The molecule has 1 aliphatic rings. The topological polar surface area (TPSA) is 34.2 Å². The van der Waals surface area contributed by atoms with Crippen LogP contribution in [-0.4, -0.2) is 23.2 Å². The highest BCUT2D eigenvalue weighted by Gasteiger charge is 2.34. The molecule has 5 heteroatoms. The lowest BCUT2D eigenvalue weighted by Gasteiger charge is -2.40. The van der Waals surface area contributed by atoms with Crippen LogP contribution in [0.2, 0.25) is 0 Å². The second-order valence-electron chi connectivity index (χ2n) is 4.55. The van der Waals surface area contributed by atoms with Crippen LogP contribution in [0, 0.1) is 0 Å². The molecule has 0 amide bonds. The molecule has 1 saturated heterocycles. The van der Waals surface area contributed by atoms with Crippen molar-refractivity contribution in [2.24, 2.45) is 0 Å². The highest BCUT2D eigenvalue weighted by molar-refractivity contribution is 9.10. The molecule has 1 aromatic rings. The van der Waals surface area contributed by atoms with Crippen LogP contribution in [0.15, 0.2) is 9.98 Å². The molecule has 1 fully saturated rings. The first-order valence-electron chi connectivity index (χ1n) is 6.19. The van der Waals surface area contributed by atoms with E-state index in [9.17, 15) is 0 Å². The minimum absolute atomic E-state index is 0.0738.